The van der Waals surface area contributed by atoms with E-state index in [0.29, 0.717) is 38.3 Å². The molecule has 0 radical (unpaired) electrons. The van der Waals surface area contributed by atoms with Crippen LogP contribution in [0.1, 0.15) is 6.42 Å². The smallest absolute Gasteiger partial charge is 0.321 e. The molecular weight excluding hydrogens is 360 g/mol. The second kappa shape index (κ2) is 8.97. The molecule has 9 nitrogen and oxygen atoms in total. The molecule has 2 rings (SSSR count). The van der Waals surface area contributed by atoms with Gasteiger partial charge in [-0.1, -0.05) is 6.07 Å². The fourth-order valence-electron chi connectivity index (χ4n) is 2.65. The zero-order chi connectivity index (χ0) is 19.2. The summed E-state index contributed by atoms with van der Waals surface area (Å²) in [5.41, 5.74) is 0.392. The van der Waals surface area contributed by atoms with Crippen LogP contribution in [0, 0.1) is 0 Å². The summed E-state index contributed by atoms with van der Waals surface area (Å²) >= 11 is 0. The fourth-order valence-corrected chi connectivity index (χ4v) is 3.42. The minimum Gasteiger partial charge on any atom is -0.375 e. The highest BCUT2D eigenvalue weighted by molar-refractivity contribution is 7.89. The first-order valence-electron chi connectivity index (χ1n) is 8.23. The van der Waals surface area contributed by atoms with Gasteiger partial charge < -0.3 is 19.9 Å². The summed E-state index contributed by atoms with van der Waals surface area (Å²) in [5, 5.41) is 2.71. The van der Waals surface area contributed by atoms with E-state index in [-0.39, 0.29) is 23.4 Å². The summed E-state index contributed by atoms with van der Waals surface area (Å²) in [5.74, 6) is -0.0975. The second-order valence-corrected chi connectivity index (χ2v) is 7.71. The molecule has 1 fully saturated rings. The van der Waals surface area contributed by atoms with Gasteiger partial charge in [0, 0.05) is 39.0 Å². The molecule has 2 N–H and O–H groups in total. The first kappa shape index (κ1) is 20.1. The Balaban J connectivity index is 2.00. The molecule has 1 saturated heterocycles. The number of benzene rings is 1. The lowest BCUT2D eigenvalue weighted by Gasteiger charge is -2.22. The number of rotatable bonds is 5. The number of ether oxygens (including phenoxy) is 1. The Labute approximate surface area is 153 Å². The van der Waals surface area contributed by atoms with Gasteiger partial charge in [0.2, 0.25) is 15.9 Å². The van der Waals surface area contributed by atoms with Crippen molar-refractivity contribution in [2.24, 2.45) is 0 Å². The molecule has 0 aliphatic carbocycles. The maximum atomic E-state index is 12.5. The van der Waals surface area contributed by atoms with Crippen LogP contribution in [0.25, 0.3) is 0 Å². The Morgan fingerprint density at radius 1 is 1.15 bits per heavy atom. The van der Waals surface area contributed by atoms with Gasteiger partial charge in [0.05, 0.1) is 4.90 Å². The van der Waals surface area contributed by atoms with Gasteiger partial charge in [0.25, 0.3) is 0 Å². The lowest BCUT2D eigenvalue weighted by Crippen LogP contribution is -2.40. The Morgan fingerprint density at radius 2 is 1.85 bits per heavy atom. The van der Waals surface area contributed by atoms with Crippen LogP contribution in [0.4, 0.5) is 10.5 Å². The standard InChI is InChI=1S/C16H24N4O5S/c1-17-26(23,24)14-6-3-5-13(11-14)18-16(22)20-8-4-7-19(9-10-20)15(21)12-25-2/h3,5-6,11,17H,4,7-10,12H2,1-2H3,(H,18,22). The third-order valence-electron chi connectivity index (χ3n) is 4.07. The molecule has 0 saturated carbocycles. The molecule has 1 aliphatic rings. The molecule has 0 bridgehead atoms. The van der Waals surface area contributed by atoms with Gasteiger partial charge in [-0.15, -0.1) is 0 Å². The van der Waals surface area contributed by atoms with Crippen molar-refractivity contribution in [3.8, 4) is 0 Å². The van der Waals surface area contributed by atoms with Crippen LogP contribution >= 0.6 is 0 Å². The number of methoxy groups -OCH3 is 1. The topological polar surface area (TPSA) is 108 Å². The number of urea groups is 1. The third kappa shape index (κ3) is 5.16. The molecule has 0 spiro atoms. The highest BCUT2D eigenvalue weighted by Gasteiger charge is 2.22. The van der Waals surface area contributed by atoms with E-state index in [1.165, 1.54) is 26.3 Å². The van der Waals surface area contributed by atoms with Gasteiger partial charge in [-0.3, -0.25) is 4.79 Å². The summed E-state index contributed by atoms with van der Waals surface area (Å²) in [6, 6.07) is 5.71. The highest BCUT2D eigenvalue weighted by Crippen LogP contribution is 2.16. The van der Waals surface area contributed by atoms with Gasteiger partial charge in [-0.05, 0) is 31.7 Å². The third-order valence-corrected chi connectivity index (χ3v) is 5.48. The van der Waals surface area contributed by atoms with E-state index in [1.807, 2.05) is 0 Å². The lowest BCUT2D eigenvalue weighted by atomic mass is 10.3. The van der Waals surface area contributed by atoms with Crippen molar-refractivity contribution < 1.29 is 22.7 Å². The average Bonchev–Trinajstić information content (AvgIpc) is 2.88. The Bertz CT molecular complexity index is 753. The largest absolute Gasteiger partial charge is 0.375 e. The molecular formula is C16H24N4O5S. The van der Waals surface area contributed by atoms with Crippen molar-refractivity contribution >= 4 is 27.6 Å². The zero-order valence-electron chi connectivity index (χ0n) is 14.9. The van der Waals surface area contributed by atoms with Gasteiger partial charge in [0.15, 0.2) is 0 Å². The average molecular weight is 384 g/mol. The molecule has 0 atom stereocenters. The summed E-state index contributed by atoms with van der Waals surface area (Å²) in [6.07, 6.45) is 0.664. The van der Waals surface area contributed by atoms with Gasteiger partial charge in [0.1, 0.15) is 6.61 Å². The molecule has 1 aromatic carbocycles. The molecule has 3 amide bonds. The van der Waals surface area contributed by atoms with Crippen LogP contribution < -0.4 is 10.0 Å². The second-order valence-electron chi connectivity index (χ2n) is 5.82. The van der Waals surface area contributed by atoms with E-state index < -0.39 is 10.0 Å². The normalized spacial score (nSPS) is 15.5. The van der Waals surface area contributed by atoms with Crippen LogP contribution in [0.15, 0.2) is 29.2 Å². The van der Waals surface area contributed by atoms with Crippen LogP contribution in [-0.2, 0) is 19.6 Å². The van der Waals surface area contributed by atoms with Crippen molar-refractivity contribution in [2.45, 2.75) is 11.3 Å². The molecule has 0 unspecified atom stereocenters. The number of sulfonamides is 1. The van der Waals surface area contributed by atoms with E-state index in [9.17, 15) is 18.0 Å². The summed E-state index contributed by atoms with van der Waals surface area (Å²) in [4.78, 5) is 27.7. The molecule has 1 aliphatic heterocycles. The van der Waals surface area contributed by atoms with E-state index >= 15 is 0 Å². The summed E-state index contributed by atoms with van der Waals surface area (Å²) in [7, 11) is -0.782. The fraction of sp³-hybridized carbons (Fsp3) is 0.500. The first-order valence-corrected chi connectivity index (χ1v) is 9.72. The monoisotopic (exact) mass is 384 g/mol. The number of nitrogens with zero attached hydrogens (tertiary/aromatic N) is 2. The van der Waals surface area contributed by atoms with Gasteiger partial charge in [-0.25, -0.2) is 17.9 Å². The SMILES string of the molecule is CNS(=O)(=O)c1cccc(NC(=O)N2CCCN(C(=O)COC)CC2)c1. The molecule has 144 valence electrons. The quantitative estimate of drug-likeness (QED) is 0.759. The summed E-state index contributed by atoms with van der Waals surface area (Å²) in [6.45, 7) is 1.94. The molecule has 26 heavy (non-hydrogen) atoms. The Kier molecular flexibility index (Phi) is 6.95. The van der Waals surface area contributed by atoms with Crippen molar-refractivity contribution in [3.05, 3.63) is 24.3 Å². The number of hydrogen-bond acceptors (Lipinski definition) is 5. The van der Waals surface area contributed by atoms with Crippen LogP contribution in [-0.4, -0.2) is 77.1 Å². The lowest BCUT2D eigenvalue weighted by molar-refractivity contribution is -0.134. The number of anilines is 1. The minimum atomic E-state index is -3.58. The van der Waals surface area contributed by atoms with E-state index in [0.717, 1.165) is 0 Å². The Morgan fingerprint density at radius 3 is 2.54 bits per heavy atom. The van der Waals surface area contributed by atoms with E-state index in [2.05, 4.69) is 10.0 Å². The predicted octanol–water partition coefficient (Wildman–Crippen LogP) is 0.307. The summed E-state index contributed by atoms with van der Waals surface area (Å²) < 4.78 is 30.8. The number of carbonyl (C=O) groups is 2. The van der Waals surface area contributed by atoms with Crippen molar-refractivity contribution in [3.63, 3.8) is 0 Å². The maximum absolute atomic E-state index is 12.5. The molecule has 10 heteroatoms. The van der Waals surface area contributed by atoms with Crippen LogP contribution in [0.2, 0.25) is 0 Å². The van der Waals surface area contributed by atoms with Gasteiger partial charge in [-0.2, -0.15) is 0 Å². The molecule has 1 heterocycles. The number of amides is 3. The minimum absolute atomic E-state index is 0.0267. The van der Waals surface area contributed by atoms with Crippen molar-refractivity contribution in [2.75, 3.05) is 52.3 Å². The van der Waals surface area contributed by atoms with Crippen molar-refractivity contribution in [1.82, 2.24) is 14.5 Å². The van der Waals surface area contributed by atoms with Crippen LogP contribution in [0.5, 0.6) is 0 Å². The van der Waals surface area contributed by atoms with E-state index in [4.69, 9.17) is 4.74 Å². The van der Waals surface area contributed by atoms with E-state index in [1.54, 1.807) is 21.9 Å². The zero-order valence-corrected chi connectivity index (χ0v) is 15.7. The molecule has 1 aromatic rings. The first-order chi connectivity index (χ1) is 12.4. The van der Waals surface area contributed by atoms with Crippen molar-refractivity contribution in [1.29, 1.82) is 0 Å². The number of nitrogens with one attached hydrogen (secondary N) is 2. The Hall–Kier alpha value is -2.17. The highest BCUT2D eigenvalue weighted by atomic mass is 32.2. The van der Waals surface area contributed by atoms with Gasteiger partial charge >= 0.3 is 6.03 Å². The predicted molar refractivity (Wildman–Crippen MR) is 96.4 cm³/mol. The number of hydrogen-bond donors (Lipinski definition) is 2. The number of carbonyl (C=O) groups excluding carboxylic acids is 2. The van der Waals surface area contributed by atoms with Crippen LogP contribution in [0.3, 0.4) is 0 Å². The maximum Gasteiger partial charge on any atom is 0.321 e. The molecule has 0 aromatic heterocycles.